The first-order chi connectivity index (χ1) is 17.2. The van der Waals surface area contributed by atoms with Gasteiger partial charge in [-0.2, -0.15) is 0 Å². The molecule has 0 spiro atoms. The highest BCUT2D eigenvalue weighted by atomic mass is 32.2. The SMILES string of the molecule is CC(=O)OCCSc1nnc(SCC2=C(C(=O)O)N3C(=O)C(NC(=O)Cc4csc(N)n4)[C@@H]3SC2)s1. The molecule has 4 rings (SSSR count). The average Bonchev–Trinajstić information content (AvgIpc) is 3.46. The van der Waals surface area contributed by atoms with Crippen molar-refractivity contribution in [3.8, 4) is 0 Å². The zero-order chi connectivity index (χ0) is 25.8. The third kappa shape index (κ3) is 6.31. The van der Waals surface area contributed by atoms with Gasteiger partial charge in [-0.15, -0.1) is 33.3 Å². The van der Waals surface area contributed by atoms with Crippen molar-refractivity contribution in [3.63, 3.8) is 0 Å². The number of thioether (sulfide) groups is 3. The van der Waals surface area contributed by atoms with Crippen molar-refractivity contribution in [2.45, 2.75) is 33.4 Å². The van der Waals surface area contributed by atoms with Crippen molar-refractivity contribution in [2.75, 3.05) is 29.6 Å². The fourth-order valence-electron chi connectivity index (χ4n) is 3.36. The minimum atomic E-state index is -1.19. The van der Waals surface area contributed by atoms with Crippen LogP contribution in [0.4, 0.5) is 5.13 Å². The van der Waals surface area contributed by atoms with Crippen molar-refractivity contribution >= 4 is 86.8 Å². The summed E-state index contributed by atoms with van der Waals surface area (Å²) < 4.78 is 6.26. The van der Waals surface area contributed by atoms with E-state index < -0.39 is 23.3 Å². The van der Waals surface area contributed by atoms with Gasteiger partial charge in [0.1, 0.15) is 23.7 Å². The van der Waals surface area contributed by atoms with Crippen LogP contribution in [-0.2, 0) is 30.3 Å². The molecule has 1 saturated heterocycles. The van der Waals surface area contributed by atoms with Gasteiger partial charge in [-0.1, -0.05) is 34.9 Å². The second-order valence-electron chi connectivity index (χ2n) is 7.38. The number of anilines is 1. The lowest BCUT2D eigenvalue weighted by Crippen LogP contribution is -2.70. The largest absolute Gasteiger partial charge is 0.477 e. The van der Waals surface area contributed by atoms with Gasteiger partial charge in [0.25, 0.3) is 5.91 Å². The van der Waals surface area contributed by atoms with E-state index in [4.69, 9.17) is 10.5 Å². The molecule has 0 saturated carbocycles. The summed E-state index contributed by atoms with van der Waals surface area (Å²) in [5.74, 6) is -1.07. The number of aliphatic carboxylic acids is 1. The summed E-state index contributed by atoms with van der Waals surface area (Å²) in [7, 11) is 0. The molecule has 1 unspecified atom stereocenters. The summed E-state index contributed by atoms with van der Waals surface area (Å²) in [6.07, 6.45) is -0.00966. The van der Waals surface area contributed by atoms with E-state index in [1.165, 1.54) is 69.8 Å². The van der Waals surface area contributed by atoms with Gasteiger partial charge < -0.3 is 20.9 Å². The number of fused-ring (bicyclic) bond motifs is 1. The maximum absolute atomic E-state index is 12.8. The number of carbonyl (C=O) groups is 4. The Labute approximate surface area is 225 Å². The van der Waals surface area contributed by atoms with Gasteiger partial charge in [-0.05, 0) is 5.57 Å². The summed E-state index contributed by atoms with van der Waals surface area (Å²) in [6.45, 7) is 1.63. The number of rotatable bonds is 11. The smallest absolute Gasteiger partial charge is 0.352 e. The fourth-order valence-corrected chi connectivity index (χ4v) is 8.32. The average molecular weight is 589 g/mol. The number of nitrogens with two attached hydrogens (primary N) is 1. The first kappa shape index (κ1) is 26.7. The number of carbonyl (C=O) groups excluding carboxylic acids is 3. The molecular weight excluding hydrogens is 569 g/mol. The number of hydrogen-bond donors (Lipinski definition) is 3. The van der Waals surface area contributed by atoms with Crippen LogP contribution in [-0.4, -0.2) is 84.2 Å². The highest BCUT2D eigenvalue weighted by Crippen LogP contribution is 2.42. The van der Waals surface area contributed by atoms with Gasteiger partial charge in [0.2, 0.25) is 5.91 Å². The Morgan fingerprint density at radius 3 is 2.72 bits per heavy atom. The molecule has 2 aliphatic rings. The Morgan fingerprint density at radius 2 is 2.06 bits per heavy atom. The molecule has 4 N–H and O–H groups in total. The molecule has 2 aliphatic heterocycles. The predicted molar refractivity (Wildman–Crippen MR) is 138 cm³/mol. The molecule has 2 amide bonds. The van der Waals surface area contributed by atoms with Crippen LogP contribution in [0.5, 0.6) is 0 Å². The summed E-state index contributed by atoms with van der Waals surface area (Å²) in [5, 5.41) is 22.3. The van der Waals surface area contributed by atoms with Crippen LogP contribution in [0.3, 0.4) is 0 Å². The highest BCUT2D eigenvalue weighted by molar-refractivity contribution is 8.03. The monoisotopic (exact) mass is 588 g/mol. The van der Waals surface area contributed by atoms with Gasteiger partial charge in [0.05, 0.1) is 12.1 Å². The van der Waals surface area contributed by atoms with Crippen molar-refractivity contribution in [3.05, 3.63) is 22.3 Å². The topological polar surface area (TPSA) is 178 Å². The molecule has 0 aliphatic carbocycles. The lowest BCUT2D eigenvalue weighted by Gasteiger charge is -2.49. The lowest BCUT2D eigenvalue weighted by atomic mass is 10.0. The summed E-state index contributed by atoms with van der Waals surface area (Å²) in [6, 6.07) is -0.795. The van der Waals surface area contributed by atoms with Crippen LogP contribution >= 0.6 is 58.0 Å². The molecule has 192 valence electrons. The molecule has 1 fully saturated rings. The first-order valence-electron chi connectivity index (χ1n) is 10.3. The maximum atomic E-state index is 12.8. The second kappa shape index (κ2) is 11.8. The van der Waals surface area contributed by atoms with Crippen LogP contribution in [0.1, 0.15) is 12.6 Å². The molecule has 2 atom stereocenters. The van der Waals surface area contributed by atoms with Crippen molar-refractivity contribution < 1.29 is 29.0 Å². The third-order valence-corrected chi connectivity index (χ3v) is 10.2. The van der Waals surface area contributed by atoms with Crippen LogP contribution in [0.25, 0.3) is 0 Å². The van der Waals surface area contributed by atoms with Crippen molar-refractivity contribution in [2.24, 2.45) is 0 Å². The van der Waals surface area contributed by atoms with Crippen LogP contribution in [0, 0.1) is 0 Å². The quantitative estimate of drug-likeness (QED) is 0.148. The normalized spacial score (nSPS) is 19.0. The van der Waals surface area contributed by atoms with E-state index in [9.17, 15) is 24.3 Å². The summed E-state index contributed by atoms with van der Waals surface area (Å²) in [4.78, 5) is 53.3. The Balaban J connectivity index is 1.33. The maximum Gasteiger partial charge on any atom is 0.352 e. The number of carboxylic acid groups (broad SMARTS) is 1. The van der Waals surface area contributed by atoms with Crippen LogP contribution in [0.2, 0.25) is 0 Å². The number of β-lactam (4-membered cyclic amide) rings is 1. The predicted octanol–water partition coefficient (Wildman–Crippen LogP) is 1.31. The van der Waals surface area contributed by atoms with Gasteiger partial charge in [-0.25, -0.2) is 9.78 Å². The second-order valence-corrected chi connectivity index (χ2v) is 12.9. The molecule has 4 heterocycles. The zero-order valence-electron chi connectivity index (χ0n) is 18.7. The molecule has 17 heteroatoms. The Morgan fingerprint density at radius 1 is 1.31 bits per heavy atom. The molecule has 0 aromatic carbocycles. The number of ether oxygens (including phenoxy) is 1. The lowest BCUT2D eigenvalue weighted by molar-refractivity contribution is -0.150. The highest BCUT2D eigenvalue weighted by Gasteiger charge is 2.54. The van der Waals surface area contributed by atoms with E-state index >= 15 is 0 Å². The number of nitrogens with zero attached hydrogens (tertiary/aromatic N) is 4. The number of hydrogen-bond acceptors (Lipinski definition) is 14. The van der Waals surface area contributed by atoms with E-state index in [1.807, 2.05) is 0 Å². The van der Waals surface area contributed by atoms with Gasteiger partial charge >= 0.3 is 11.9 Å². The zero-order valence-corrected chi connectivity index (χ0v) is 22.7. The molecule has 0 bridgehead atoms. The van der Waals surface area contributed by atoms with E-state index in [2.05, 4.69) is 20.5 Å². The number of carboxylic acids is 1. The molecular formula is C19H20N6O6S5. The molecule has 2 aromatic rings. The van der Waals surface area contributed by atoms with E-state index in [0.29, 0.717) is 42.3 Å². The number of amides is 2. The Hall–Kier alpha value is -2.34. The van der Waals surface area contributed by atoms with Gasteiger partial charge in [0, 0.05) is 29.6 Å². The summed E-state index contributed by atoms with van der Waals surface area (Å²) in [5.41, 5.74) is 6.65. The van der Waals surface area contributed by atoms with Crippen LogP contribution < -0.4 is 11.1 Å². The number of aromatic nitrogens is 3. The molecule has 0 radical (unpaired) electrons. The standard InChI is InChI=1S/C19H20N6O6S5/c1-8(26)31-2-3-32-18-23-24-19(36-18)35-6-9-5-33-15-12(14(28)25(15)13(9)16(29)30)22-11(27)4-10-7-34-17(20)21-10/h7,12,15H,2-6H2,1H3,(H2,20,21)(H,22,27)(H,29,30)/t12?,15-/m0/s1. The minimum Gasteiger partial charge on any atom is -0.477 e. The van der Waals surface area contributed by atoms with E-state index in [0.717, 1.165) is 0 Å². The van der Waals surface area contributed by atoms with E-state index in [1.54, 1.807) is 5.38 Å². The Bertz CT molecular complexity index is 1220. The number of nitrogens with one attached hydrogen (secondary N) is 1. The molecule has 2 aromatic heterocycles. The summed E-state index contributed by atoms with van der Waals surface area (Å²) >= 11 is 6.75. The van der Waals surface area contributed by atoms with Crippen LogP contribution in [0.15, 0.2) is 25.3 Å². The minimum absolute atomic E-state index is 0.00966. The Kier molecular flexibility index (Phi) is 8.76. The van der Waals surface area contributed by atoms with Crippen molar-refractivity contribution in [1.82, 2.24) is 25.4 Å². The molecule has 12 nitrogen and oxygen atoms in total. The van der Waals surface area contributed by atoms with Gasteiger partial charge in [0.15, 0.2) is 13.8 Å². The number of nitrogen functional groups attached to an aromatic ring is 1. The van der Waals surface area contributed by atoms with E-state index in [-0.39, 0.29) is 30.6 Å². The number of esters is 1. The first-order valence-corrected chi connectivity index (χ1v) is 15.1. The molecule has 36 heavy (non-hydrogen) atoms. The third-order valence-electron chi connectivity index (χ3n) is 4.85. The fraction of sp³-hybridized carbons (Fsp3) is 0.421. The van der Waals surface area contributed by atoms with Crippen molar-refractivity contribution in [1.29, 1.82) is 0 Å². The number of thiazole rings is 1. The van der Waals surface area contributed by atoms with Gasteiger partial charge in [-0.3, -0.25) is 19.3 Å².